The number of anilines is 1. The lowest BCUT2D eigenvalue weighted by atomic mass is 9.96. The van der Waals surface area contributed by atoms with Crippen LogP contribution in [0.3, 0.4) is 0 Å². The molecule has 0 unspecified atom stereocenters. The van der Waals surface area contributed by atoms with Gasteiger partial charge in [-0.25, -0.2) is 4.79 Å². The monoisotopic (exact) mass is 579 g/mol. The van der Waals surface area contributed by atoms with Gasteiger partial charge in [-0.3, -0.25) is 19.8 Å². The van der Waals surface area contributed by atoms with Gasteiger partial charge in [-0.15, -0.1) is 0 Å². The number of carbonyl (C=O) groups excluding carboxylic acids is 3. The van der Waals surface area contributed by atoms with E-state index >= 15 is 0 Å². The quantitative estimate of drug-likeness (QED) is 0.345. The lowest BCUT2D eigenvalue weighted by molar-refractivity contribution is -0.139. The summed E-state index contributed by atoms with van der Waals surface area (Å²) in [5, 5.41) is 6.27. The van der Waals surface area contributed by atoms with Crippen molar-refractivity contribution in [2.75, 3.05) is 25.5 Å². The predicted octanol–water partition coefficient (Wildman–Crippen LogP) is 5.04. The topological polar surface area (TPSA) is 97.0 Å². The van der Waals surface area contributed by atoms with E-state index in [1.807, 2.05) is 72.8 Å². The highest BCUT2D eigenvalue weighted by atomic mass is 79.9. The van der Waals surface area contributed by atoms with Crippen molar-refractivity contribution in [3.8, 4) is 0 Å². The molecule has 38 heavy (non-hydrogen) atoms. The maximum atomic E-state index is 13.4. The molecule has 1 saturated heterocycles. The van der Waals surface area contributed by atoms with Gasteiger partial charge < -0.3 is 14.8 Å². The first-order valence-electron chi connectivity index (χ1n) is 12.4. The summed E-state index contributed by atoms with van der Waals surface area (Å²) in [6.45, 7) is 0.581. The average molecular weight is 580 g/mol. The van der Waals surface area contributed by atoms with Gasteiger partial charge in [0.05, 0.1) is 19.7 Å². The molecule has 3 aromatic carbocycles. The third-order valence-electron chi connectivity index (χ3n) is 6.39. The largest absolute Gasteiger partial charge is 0.468 e. The first-order valence-corrected chi connectivity index (χ1v) is 13.2. The standard InChI is InChI=1S/C29H30BrN3O5/c1-37-26(34)18-31-27(21-11-6-3-7-12-21)23-17-22(30)14-15-24(23)32-28(35)25-13-8-16-33(25)29(36)38-19-20-9-4-2-5-10-20/h2-7,9-12,14-15,17,25,27,31H,8,13,16,18-19H2,1H3,(H,32,35)/t25-,27+/m1/s1. The van der Waals surface area contributed by atoms with Gasteiger partial charge in [-0.05, 0) is 47.7 Å². The van der Waals surface area contributed by atoms with Gasteiger partial charge in [-0.2, -0.15) is 0 Å². The maximum Gasteiger partial charge on any atom is 0.410 e. The highest BCUT2D eigenvalue weighted by Crippen LogP contribution is 2.32. The molecule has 0 radical (unpaired) electrons. The molecule has 1 aliphatic heterocycles. The summed E-state index contributed by atoms with van der Waals surface area (Å²) >= 11 is 3.53. The second-order valence-electron chi connectivity index (χ2n) is 8.91. The van der Waals surface area contributed by atoms with Crippen LogP contribution in [0.1, 0.15) is 35.6 Å². The van der Waals surface area contributed by atoms with Crippen molar-refractivity contribution in [1.29, 1.82) is 0 Å². The molecular formula is C29H30BrN3O5. The number of benzene rings is 3. The molecule has 1 aliphatic rings. The number of rotatable bonds is 9. The van der Waals surface area contributed by atoms with Crippen LogP contribution >= 0.6 is 15.9 Å². The molecule has 0 bridgehead atoms. The molecule has 1 fully saturated rings. The molecule has 3 aromatic rings. The second-order valence-corrected chi connectivity index (χ2v) is 9.83. The summed E-state index contributed by atoms with van der Waals surface area (Å²) in [4.78, 5) is 39.7. The maximum absolute atomic E-state index is 13.4. The van der Waals surface area contributed by atoms with Gasteiger partial charge in [0.1, 0.15) is 12.6 Å². The third-order valence-corrected chi connectivity index (χ3v) is 6.88. The van der Waals surface area contributed by atoms with Crippen LogP contribution in [0.5, 0.6) is 0 Å². The lowest BCUT2D eigenvalue weighted by Crippen LogP contribution is -2.43. The number of esters is 1. The Kier molecular flexibility index (Phi) is 9.51. The number of ether oxygens (including phenoxy) is 2. The number of carbonyl (C=O) groups is 3. The van der Waals surface area contributed by atoms with E-state index in [-0.39, 0.29) is 19.1 Å². The van der Waals surface area contributed by atoms with E-state index in [2.05, 4.69) is 26.6 Å². The number of hydrogen-bond donors (Lipinski definition) is 2. The van der Waals surface area contributed by atoms with Crippen molar-refractivity contribution in [3.05, 3.63) is 100 Å². The first kappa shape index (κ1) is 27.3. The third kappa shape index (κ3) is 6.99. The van der Waals surface area contributed by atoms with Gasteiger partial charge in [0.2, 0.25) is 5.91 Å². The van der Waals surface area contributed by atoms with E-state index in [1.54, 1.807) is 6.07 Å². The summed E-state index contributed by atoms with van der Waals surface area (Å²) in [7, 11) is 1.34. The molecule has 4 rings (SSSR count). The van der Waals surface area contributed by atoms with Crippen molar-refractivity contribution in [2.45, 2.75) is 31.5 Å². The van der Waals surface area contributed by atoms with Crippen molar-refractivity contribution >= 4 is 39.6 Å². The minimum atomic E-state index is -0.645. The van der Waals surface area contributed by atoms with E-state index in [1.165, 1.54) is 12.0 Å². The average Bonchev–Trinajstić information content (AvgIpc) is 3.44. The number of methoxy groups -OCH3 is 1. The van der Waals surface area contributed by atoms with Crippen molar-refractivity contribution in [2.24, 2.45) is 0 Å². The minimum Gasteiger partial charge on any atom is -0.468 e. The fraction of sp³-hybridized carbons (Fsp3) is 0.276. The Morgan fingerprint density at radius 3 is 2.45 bits per heavy atom. The molecule has 198 valence electrons. The molecule has 9 heteroatoms. The van der Waals surface area contributed by atoms with Crippen molar-refractivity contribution < 1.29 is 23.9 Å². The zero-order valence-corrected chi connectivity index (χ0v) is 22.6. The molecule has 0 saturated carbocycles. The van der Waals surface area contributed by atoms with E-state index < -0.39 is 24.1 Å². The zero-order chi connectivity index (χ0) is 26.9. The summed E-state index contributed by atoms with van der Waals surface area (Å²) in [5.41, 5.74) is 3.14. The Hall–Kier alpha value is -3.69. The van der Waals surface area contributed by atoms with Crippen LogP contribution in [-0.2, 0) is 25.7 Å². The second kappa shape index (κ2) is 13.2. The van der Waals surface area contributed by atoms with Gasteiger partial charge in [-0.1, -0.05) is 76.6 Å². The molecule has 8 nitrogen and oxygen atoms in total. The zero-order valence-electron chi connectivity index (χ0n) is 21.1. The lowest BCUT2D eigenvalue weighted by Gasteiger charge is -2.26. The Morgan fingerprint density at radius 2 is 1.74 bits per heavy atom. The molecule has 2 N–H and O–H groups in total. The molecular weight excluding hydrogens is 550 g/mol. The molecule has 1 heterocycles. The summed E-state index contributed by atoms with van der Waals surface area (Å²) in [6.07, 6.45) is 0.740. The van der Waals surface area contributed by atoms with Gasteiger partial charge in [0.15, 0.2) is 0 Å². The number of likely N-dealkylation sites (tertiary alicyclic amines) is 1. The number of halogens is 1. The van der Waals surface area contributed by atoms with Crippen molar-refractivity contribution in [3.63, 3.8) is 0 Å². The van der Waals surface area contributed by atoms with E-state index in [9.17, 15) is 14.4 Å². The molecule has 2 atom stereocenters. The number of hydrogen-bond acceptors (Lipinski definition) is 6. The fourth-order valence-corrected chi connectivity index (χ4v) is 4.85. The Morgan fingerprint density at radius 1 is 1.03 bits per heavy atom. The van der Waals surface area contributed by atoms with Crippen LogP contribution in [0.2, 0.25) is 0 Å². The SMILES string of the molecule is COC(=O)CN[C@@H](c1ccccc1)c1cc(Br)ccc1NC(=O)[C@H]1CCCN1C(=O)OCc1ccccc1. The first-order chi connectivity index (χ1) is 18.5. The summed E-state index contributed by atoms with van der Waals surface area (Å²) < 4.78 is 11.1. The van der Waals surface area contributed by atoms with Gasteiger partial charge in [0.25, 0.3) is 0 Å². The van der Waals surface area contributed by atoms with Crippen LogP contribution < -0.4 is 10.6 Å². The van der Waals surface area contributed by atoms with E-state index in [4.69, 9.17) is 9.47 Å². The normalized spacial score (nSPS) is 15.5. The van der Waals surface area contributed by atoms with Crippen LogP contribution in [0.15, 0.2) is 83.3 Å². The summed E-state index contributed by atoms with van der Waals surface area (Å²) in [6, 6.07) is 23.6. The smallest absolute Gasteiger partial charge is 0.410 e. The van der Waals surface area contributed by atoms with Crippen LogP contribution in [-0.4, -0.2) is 49.1 Å². The predicted molar refractivity (Wildman–Crippen MR) is 147 cm³/mol. The molecule has 2 amide bonds. The number of amides is 2. The number of nitrogens with one attached hydrogen (secondary N) is 2. The highest BCUT2D eigenvalue weighted by Gasteiger charge is 2.35. The fourth-order valence-electron chi connectivity index (χ4n) is 4.47. The van der Waals surface area contributed by atoms with E-state index in [0.29, 0.717) is 25.1 Å². The Labute approximate surface area is 230 Å². The van der Waals surface area contributed by atoms with Gasteiger partial charge in [0, 0.05) is 16.7 Å². The molecule has 0 aliphatic carbocycles. The minimum absolute atomic E-state index is 0.0143. The van der Waals surface area contributed by atoms with Crippen LogP contribution in [0.25, 0.3) is 0 Å². The van der Waals surface area contributed by atoms with Crippen molar-refractivity contribution in [1.82, 2.24) is 10.2 Å². The highest BCUT2D eigenvalue weighted by molar-refractivity contribution is 9.10. The summed E-state index contributed by atoms with van der Waals surface area (Å²) in [5.74, 6) is -0.690. The Balaban J connectivity index is 1.52. The van der Waals surface area contributed by atoms with E-state index in [0.717, 1.165) is 21.2 Å². The number of nitrogens with zero attached hydrogens (tertiary/aromatic N) is 1. The Bertz CT molecular complexity index is 1260. The molecule has 0 aromatic heterocycles. The van der Waals surface area contributed by atoms with Crippen LogP contribution in [0.4, 0.5) is 10.5 Å². The van der Waals surface area contributed by atoms with Crippen LogP contribution in [0, 0.1) is 0 Å². The van der Waals surface area contributed by atoms with Gasteiger partial charge >= 0.3 is 12.1 Å². The molecule has 0 spiro atoms.